The average Bonchev–Trinajstić information content (AvgIpc) is 1.64. The lowest BCUT2D eigenvalue weighted by Gasteiger charge is -1.76. The van der Waals surface area contributed by atoms with Gasteiger partial charge in [0.05, 0.1) is 10.6 Å². The number of nitrogens with zero attached hydrogens (tertiary/aromatic N) is 1. The van der Waals surface area contributed by atoms with Crippen LogP contribution in [0.15, 0.2) is 18.3 Å². The molecule has 8 heavy (non-hydrogen) atoms. The Morgan fingerprint density at radius 1 is 1.75 bits per heavy atom. The molecule has 0 saturated carbocycles. The molecule has 1 aromatic rings. The maximum absolute atomic E-state index is 10.4. The van der Waals surface area contributed by atoms with Crippen molar-refractivity contribution in [3.8, 4) is 0 Å². The Labute approximate surface area is 46.6 Å². The summed E-state index contributed by atoms with van der Waals surface area (Å²) in [5.41, 5.74) is 0.863. The molecule has 0 aliphatic rings. The standard InChI is InChI=1S/C5H7N2O/c1-5-3-2-4-7(8)6-5/h2-4H,1H3,(H,6,8)/q+1. The first-order chi connectivity index (χ1) is 3.79. The van der Waals surface area contributed by atoms with E-state index < -0.39 is 0 Å². The summed E-state index contributed by atoms with van der Waals surface area (Å²) in [6, 6.07) is 3.52. The molecule has 1 rings (SSSR count). The van der Waals surface area contributed by atoms with Crippen molar-refractivity contribution >= 4 is 0 Å². The summed E-state index contributed by atoms with van der Waals surface area (Å²) >= 11 is 0. The first-order valence-corrected chi connectivity index (χ1v) is 2.37. The number of nitrogens with one attached hydrogen (secondary N) is 1. The molecule has 3 nitrogen and oxygen atoms in total. The van der Waals surface area contributed by atoms with Gasteiger partial charge in [-0.3, -0.25) is 0 Å². The maximum atomic E-state index is 10.4. The fourth-order valence-electron chi connectivity index (χ4n) is 0.514. The molecule has 3 heteroatoms. The summed E-state index contributed by atoms with van der Waals surface area (Å²) in [5.74, 6) is 0. The van der Waals surface area contributed by atoms with Crippen molar-refractivity contribution in [1.82, 2.24) is 5.10 Å². The molecule has 0 aliphatic heterocycles. The fourth-order valence-corrected chi connectivity index (χ4v) is 0.514. The van der Waals surface area contributed by atoms with Crippen LogP contribution >= 0.6 is 0 Å². The van der Waals surface area contributed by atoms with E-state index in [1.807, 2.05) is 13.0 Å². The minimum atomic E-state index is 0.662. The minimum absolute atomic E-state index is 0.662. The van der Waals surface area contributed by atoms with Gasteiger partial charge < -0.3 is 0 Å². The third-order valence-corrected chi connectivity index (χ3v) is 0.854. The van der Waals surface area contributed by atoms with E-state index in [1.165, 1.54) is 6.20 Å². The second kappa shape index (κ2) is 1.78. The van der Waals surface area contributed by atoms with Gasteiger partial charge in [0.15, 0.2) is 4.54 Å². The summed E-state index contributed by atoms with van der Waals surface area (Å²) in [6.45, 7) is 1.83. The van der Waals surface area contributed by atoms with Gasteiger partial charge in [-0.05, 0) is 13.0 Å². The topological polar surface area (TPSA) is 38.8 Å². The summed E-state index contributed by atoms with van der Waals surface area (Å²) in [5, 5.41) is 2.53. The van der Waals surface area contributed by atoms with Crippen LogP contribution in [-0.4, -0.2) is 5.10 Å². The SMILES string of the molecule is Cc1ccc[n+](=O)[nH]1. The lowest BCUT2D eigenvalue weighted by atomic mass is 10.4. The molecule has 42 valence electrons. The number of aromatic amines is 1. The van der Waals surface area contributed by atoms with E-state index in [2.05, 4.69) is 5.10 Å². The monoisotopic (exact) mass is 111 g/mol. The fraction of sp³-hybridized carbons (Fsp3) is 0.200. The second-order valence-electron chi connectivity index (χ2n) is 1.63. The summed E-state index contributed by atoms with van der Waals surface area (Å²) in [6.07, 6.45) is 1.41. The lowest BCUT2D eigenvalue weighted by molar-refractivity contribution is -0.565. The van der Waals surface area contributed by atoms with Gasteiger partial charge in [-0.15, -0.1) is 5.10 Å². The van der Waals surface area contributed by atoms with Crippen LogP contribution in [0.5, 0.6) is 0 Å². The molecule has 0 fully saturated rings. The minimum Gasteiger partial charge on any atom is -0.119 e. The molecule has 0 spiro atoms. The molecule has 0 saturated heterocycles. The summed E-state index contributed by atoms with van der Waals surface area (Å²) in [4.78, 5) is 10.4. The molecule has 0 bridgehead atoms. The van der Waals surface area contributed by atoms with Crippen LogP contribution in [0.3, 0.4) is 0 Å². The molecular formula is C5H7N2O+. The highest BCUT2D eigenvalue weighted by atomic mass is 16.3. The zero-order valence-electron chi connectivity index (χ0n) is 4.59. The van der Waals surface area contributed by atoms with Crippen molar-refractivity contribution in [2.24, 2.45) is 0 Å². The van der Waals surface area contributed by atoms with Crippen molar-refractivity contribution in [2.75, 3.05) is 0 Å². The highest BCUT2D eigenvalue weighted by Gasteiger charge is 1.86. The number of aryl methyl sites for hydroxylation is 1. The molecule has 0 atom stereocenters. The normalized spacial score (nSPS) is 9.12. The first-order valence-electron chi connectivity index (χ1n) is 2.37. The van der Waals surface area contributed by atoms with Gasteiger partial charge in [0.25, 0.3) is 6.20 Å². The first kappa shape index (κ1) is 5.03. The van der Waals surface area contributed by atoms with Gasteiger partial charge in [0.1, 0.15) is 0 Å². The van der Waals surface area contributed by atoms with Crippen LogP contribution in [0.4, 0.5) is 0 Å². The van der Waals surface area contributed by atoms with Crippen LogP contribution in [0.2, 0.25) is 0 Å². The van der Waals surface area contributed by atoms with Gasteiger partial charge in [-0.25, -0.2) is 0 Å². The highest BCUT2D eigenvalue weighted by molar-refractivity contribution is 4.92. The lowest BCUT2D eigenvalue weighted by Crippen LogP contribution is -2.18. The number of aromatic nitrogens is 2. The molecule has 0 aromatic carbocycles. The largest absolute Gasteiger partial charge is 0.257 e. The number of H-pyrrole nitrogens is 1. The Balaban J connectivity index is 3.28. The maximum Gasteiger partial charge on any atom is 0.257 e. The van der Waals surface area contributed by atoms with Gasteiger partial charge >= 0.3 is 0 Å². The van der Waals surface area contributed by atoms with Crippen LogP contribution in [0.25, 0.3) is 0 Å². The molecule has 0 unspecified atom stereocenters. The summed E-state index contributed by atoms with van der Waals surface area (Å²) in [7, 11) is 0. The smallest absolute Gasteiger partial charge is 0.119 e. The van der Waals surface area contributed by atoms with E-state index in [0.29, 0.717) is 4.54 Å². The third-order valence-electron chi connectivity index (χ3n) is 0.854. The Kier molecular flexibility index (Phi) is 1.12. The number of rotatable bonds is 0. The predicted octanol–water partition coefficient (Wildman–Crippen LogP) is 0.238. The highest BCUT2D eigenvalue weighted by Crippen LogP contribution is 1.80. The molecule has 1 N–H and O–H groups in total. The van der Waals surface area contributed by atoms with Gasteiger partial charge in [-0.2, -0.15) is 0 Å². The molecule has 0 radical (unpaired) electrons. The Bertz CT molecular complexity index is 228. The quantitative estimate of drug-likeness (QED) is 0.478. The van der Waals surface area contributed by atoms with Crippen LogP contribution < -0.4 is 4.54 Å². The van der Waals surface area contributed by atoms with Crippen LogP contribution in [0.1, 0.15) is 5.69 Å². The molecule has 0 amide bonds. The van der Waals surface area contributed by atoms with Gasteiger partial charge in [0.2, 0.25) is 0 Å². The summed E-state index contributed by atoms with van der Waals surface area (Å²) < 4.78 is 0.662. The number of hydrogen-bond donors (Lipinski definition) is 1. The van der Waals surface area contributed by atoms with E-state index in [1.54, 1.807) is 6.07 Å². The van der Waals surface area contributed by atoms with Crippen LogP contribution in [0, 0.1) is 11.8 Å². The number of hydrogen-bond acceptors (Lipinski definition) is 1. The van der Waals surface area contributed by atoms with E-state index in [9.17, 15) is 4.91 Å². The zero-order chi connectivity index (χ0) is 5.98. The predicted molar refractivity (Wildman–Crippen MR) is 28.9 cm³/mol. The Morgan fingerprint density at radius 3 is 2.88 bits per heavy atom. The van der Waals surface area contributed by atoms with Crippen molar-refractivity contribution in [2.45, 2.75) is 6.92 Å². The third kappa shape index (κ3) is 0.932. The molecule has 0 aliphatic carbocycles. The van der Waals surface area contributed by atoms with E-state index >= 15 is 0 Å². The van der Waals surface area contributed by atoms with Crippen LogP contribution in [-0.2, 0) is 0 Å². The second-order valence-corrected chi connectivity index (χ2v) is 1.63. The van der Waals surface area contributed by atoms with E-state index in [-0.39, 0.29) is 0 Å². The Morgan fingerprint density at radius 2 is 2.50 bits per heavy atom. The van der Waals surface area contributed by atoms with Crippen molar-refractivity contribution in [3.05, 3.63) is 28.9 Å². The van der Waals surface area contributed by atoms with Crippen molar-refractivity contribution < 1.29 is 4.54 Å². The molecule has 1 aromatic heterocycles. The average molecular weight is 111 g/mol. The van der Waals surface area contributed by atoms with Gasteiger partial charge in [0, 0.05) is 6.07 Å². The molecular weight excluding hydrogens is 104 g/mol. The zero-order valence-corrected chi connectivity index (χ0v) is 4.59. The van der Waals surface area contributed by atoms with Crippen molar-refractivity contribution in [1.29, 1.82) is 0 Å². The van der Waals surface area contributed by atoms with E-state index in [0.717, 1.165) is 5.69 Å². The molecule has 1 heterocycles. The van der Waals surface area contributed by atoms with Crippen molar-refractivity contribution in [3.63, 3.8) is 0 Å². The Hall–Kier alpha value is -1.12. The van der Waals surface area contributed by atoms with Gasteiger partial charge in [-0.1, -0.05) is 0 Å². The van der Waals surface area contributed by atoms with E-state index in [4.69, 9.17) is 0 Å².